The van der Waals surface area contributed by atoms with Gasteiger partial charge in [-0.15, -0.1) is 11.3 Å². The number of thiophene rings is 1. The van der Waals surface area contributed by atoms with Crippen LogP contribution < -0.4 is 15.0 Å². The number of benzene rings is 1. The van der Waals surface area contributed by atoms with Gasteiger partial charge in [-0.3, -0.25) is 0 Å². The van der Waals surface area contributed by atoms with Crippen molar-refractivity contribution in [1.82, 2.24) is 0 Å². The minimum Gasteiger partial charge on any atom is -0.488 e. The van der Waals surface area contributed by atoms with Crippen LogP contribution in [0.5, 0.6) is 5.75 Å². The molecule has 0 amide bonds. The first-order valence-corrected chi connectivity index (χ1v) is 9.25. The predicted molar refractivity (Wildman–Crippen MR) is 92.0 cm³/mol. The number of ether oxygens (including phenoxy) is 2. The van der Waals surface area contributed by atoms with E-state index >= 15 is 0 Å². The second kappa shape index (κ2) is 9.03. The fourth-order valence-corrected chi connectivity index (χ4v) is 3.37. The van der Waals surface area contributed by atoms with E-state index in [9.17, 15) is 0 Å². The van der Waals surface area contributed by atoms with E-state index < -0.39 is 0 Å². The first-order chi connectivity index (χ1) is 11.4. The van der Waals surface area contributed by atoms with Gasteiger partial charge < -0.3 is 19.7 Å². The van der Waals surface area contributed by atoms with Gasteiger partial charge in [-0.25, -0.2) is 0 Å². The molecule has 0 aliphatic carbocycles. The molecule has 1 fully saturated rings. The zero-order chi connectivity index (χ0) is 15.7. The third-order valence-electron chi connectivity index (χ3n) is 4.17. The summed E-state index contributed by atoms with van der Waals surface area (Å²) in [5, 5.41) is 4.47. The van der Waals surface area contributed by atoms with E-state index in [1.807, 2.05) is 0 Å². The van der Waals surface area contributed by atoms with E-state index in [0.29, 0.717) is 6.61 Å². The zero-order valence-corrected chi connectivity index (χ0v) is 14.3. The van der Waals surface area contributed by atoms with E-state index in [1.165, 1.54) is 23.5 Å². The summed E-state index contributed by atoms with van der Waals surface area (Å²) in [5.74, 6) is 0.944. The predicted octanol–water partition coefficient (Wildman–Crippen LogP) is 0.306. The van der Waals surface area contributed by atoms with Crippen LogP contribution in [0.4, 0.5) is 0 Å². The SMILES string of the molecule is c1csc(COc2ccc(C[NH2+]CC[NH+]3CCOCC3)cc2)c1. The van der Waals surface area contributed by atoms with Gasteiger partial charge in [-0.05, 0) is 35.7 Å². The molecule has 0 spiro atoms. The van der Waals surface area contributed by atoms with Crippen molar-refractivity contribution in [1.29, 1.82) is 0 Å². The van der Waals surface area contributed by atoms with Crippen LogP contribution >= 0.6 is 11.3 Å². The minimum absolute atomic E-state index is 0.658. The Morgan fingerprint density at radius 3 is 2.70 bits per heavy atom. The average Bonchev–Trinajstić information content (AvgIpc) is 3.12. The molecule has 0 bridgehead atoms. The van der Waals surface area contributed by atoms with Gasteiger partial charge in [0.05, 0.1) is 13.2 Å². The van der Waals surface area contributed by atoms with Gasteiger partial charge in [-0.2, -0.15) is 0 Å². The molecule has 3 N–H and O–H groups in total. The number of morpholine rings is 1. The van der Waals surface area contributed by atoms with E-state index in [4.69, 9.17) is 9.47 Å². The number of nitrogens with one attached hydrogen (secondary N) is 1. The zero-order valence-electron chi connectivity index (χ0n) is 13.5. The third-order valence-corrected chi connectivity index (χ3v) is 5.02. The molecule has 1 aliphatic heterocycles. The molecule has 1 aromatic heterocycles. The molecule has 0 saturated carbocycles. The van der Waals surface area contributed by atoms with Crippen molar-refractivity contribution < 1.29 is 19.7 Å². The highest BCUT2D eigenvalue weighted by molar-refractivity contribution is 7.09. The van der Waals surface area contributed by atoms with Gasteiger partial charge in [0.15, 0.2) is 0 Å². The monoisotopic (exact) mass is 334 g/mol. The van der Waals surface area contributed by atoms with E-state index in [1.54, 1.807) is 16.2 Å². The lowest BCUT2D eigenvalue weighted by molar-refractivity contribution is -0.920. The smallest absolute Gasteiger partial charge is 0.127 e. The summed E-state index contributed by atoms with van der Waals surface area (Å²) in [6.07, 6.45) is 0. The fourth-order valence-electron chi connectivity index (χ4n) is 2.76. The summed E-state index contributed by atoms with van der Waals surface area (Å²) in [6.45, 7) is 8.25. The largest absolute Gasteiger partial charge is 0.488 e. The summed E-state index contributed by atoms with van der Waals surface area (Å²) in [4.78, 5) is 2.93. The van der Waals surface area contributed by atoms with E-state index in [-0.39, 0.29) is 0 Å². The van der Waals surface area contributed by atoms with Crippen LogP contribution in [0.25, 0.3) is 0 Å². The molecule has 0 atom stereocenters. The Bertz CT molecular complexity index is 551. The molecule has 1 aromatic carbocycles. The van der Waals surface area contributed by atoms with Crippen LogP contribution in [0.15, 0.2) is 41.8 Å². The van der Waals surface area contributed by atoms with Crippen LogP contribution in [0, 0.1) is 0 Å². The van der Waals surface area contributed by atoms with Crippen LogP contribution in [-0.4, -0.2) is 39.4 Å². The fraction of sp³-hybridized carbons (Fsp3) is 0.444. The molecule has 23 heavy (non-hydrogen) atoms. The number of hydrogen-bond donors (Lipinski definition) is 2. The summed E-state index contributed by atoms with van der Waals surface area (Å²) in [7, 11) is 0. The Morgan fingerprint density at radius 1 is 1.13 bits per heavy atom. The Balaban J connectivity index is 1.34. The van der Waals surface area contributed by atoms with Crippen molar-refractivity contribution in [2.45, 2.75) is 13.2 Å². The van der Waals surface area contributed by atoms with Crippen molar-refractivity contribution in [3.8, 4) is 5.75 Å². The lowest BCUT2D eigenvalue weighted by atomic mass is 10.2. The van der Waals surface area contributed by atoms with Crippen molar-refractivity contribution in [2.75, 3.05) is 39.4 Å². The lowest BCUT2D eigenvalue weighted by Gasteiger charge is -2.22. The van der Waals surface area contributed by atoms with E-state index in [2.05, 4.69) is 47.1 Å². The molecule has 2 heterocycles. The second-order valence-electron chi connectivity index (χ2n) is 5.91. The number of nitrogens with two attached hydrogens (primary N) is 1. The molecule has 1 saturated heterocycles. The molecular formula is C18H26N2O2S+2. The lowest BCUT2D eigenvalue weighted by Crippen LogP contribution is -3.16. The summed E-state index contributed by atoms with van der Waals surface area (Å²) in [6, 6.07) is 12.6. The van der Waals surface area contributed by atoms with Crippen LogP contribution in [0.2, 0.25) is 0 Å². The highest BCUT2D eigenvalue weighted by Gasteiger charge is 2.13. The highest BCUT2D eigenvalue weighted by atomic mass is 32.1. The maximum absolute atomic E-state index is 5.80. The second-order valence-corrected chi connectivity index (χ2v) is 6.94. The van der Waals surface area contributed by atoms with Crippen molar-refractivity contribution in [2.24, 2.45) is 0 Å². The molecule has 1 aliphatic rings. The molecule has 124 valence electrons. The first kappa shape index (κ1) is 16.5. The Kier molecular flexibility index (Phi) is 6.46. The van der Waals surface area contributed by atoms with Crippen molar-refractivity contribution in [3.05, 3.63) is 52.2 Å². The maximum atomic E-state index is 5.80. The van der Waals surface area contributed by atoms with Gasteiger partial charge in [0.1, 0.15) is 45.1 Å². The molecule has 3 rings (SSSR count). The third kappa shape index (κ3) is 5.62. The van der Waals surface area contributed by atoms with Crippen molar-refractivity contribution in [3.63, 3.8) is 0 Å². The van der Waals surface area contributed by atoms with Gasteiger partial charge in [0, 0.05) is 10.4 Å². The Labute approximate surface area is 142 Å². The summed E-state index contributed by atoms with van der Waals surface area (Å²) < 4.78 is 11.2. The minimum atomic E-state index is 0.658. The molecule has 2 aromatic rings. The van der Waals surface area contributed by atoms with Gasteiger partial charge in [0.25, 0.3) is 0 Å². The highest BCUT2D eigenvalue weighted by Crippen LogP contribution is 2.16. The topological polar surface area (TPSA) is 39.5 Å². The molecule has 4 nitrogen and oxygen atoms in total. The summed E-state index contributed by atoms with van der Waals surface area (Å²) >= 11 is 1.73. The number of hydrogen-bond acceptors (Lipinski definition) is 3. The Morgan fingerprint density at radius 2 is 1.96 bits per heavy atom. The van der Waals surface area contributed by atoms with Crippen LogP contribution in [-0.2, 0) is 17.9 Å². The Hall–Kier alpha value is -1.40. The van der Waals surface area contributed by atoms with Crippen LogP contribution in [0.1, 0.15) is 10.4 Å². The van der Waals surface area contributed by atoms with Gasteiger partial charge >= 0.3 is 0 Å². The average molecular weight is 334 g/mol. The van der Waals surface area contributed by atoms with Gasteiger partial charge in [-0.1, -0.05) is 6.07 Å². The molecule has 0 radical (unpaired) electrons. The number of quaternary nitrogens is 2. The first-order valence-electron chi connectivity index (χ1n) is 8.37. The quantitative estimate of drug-likeness (QED) is 0.682. The van der Waals surface area contributed by atoms with Crippen LogP contribution in [0.3, 0.4) is 0 Å². The van der Waals surface area contributed by atoms with E-state index in [0.717, 1.165) is 38.6 Å². The molecular weight excluding hydrogens is 308 g/mol. The van der Waals surface area contributed by atoms with Crippen molar-refractivity contribution >= 4 is 11.3 Å². The molecule has 0 unspecified atom stereocenters. The van der Waals surface area contributed by atoms with Gasteiger partial charge in [0.2, 0.25) is 0 Å². The number of rotatable bonds is 8. The molecule has 5 heteroatoms. The summed E-state index contributed by atoms with van der Waals surface area (Å²) in [5.41, 5.74) is 1.35. The standard InChI is InChI=1S/C18H24N2O2S/c1-2-18(23-13-1)15-22-17-5-3-16(4-6-17)14-19-7-8-20-9-11-21-12-10-20/h1-6,13,19H,7-12,14-15H2/p+2. The maximum Gasteiger partial charge on any atom is 0.127 e. The normalized spacial score (nSPS) is 15.7.